The van der Waals surface area contributed by atoms with Crippen LogP contribution in [0.15, 0.2) is 22.6 Å². The standard InChI is InChI=1S/C21H32N2O2/c1-16-9-13-23(14-10-16)12-4-3-11-22-21(24)8-6-18-5-7-20(25-18)19-15-17(19)2/h5-8,16-17,19H,3-4,9-15H2,1-2H3,(H,22,24)/b8-6+. The number of unbranched alkanes of at least 4 members (excludes halogenated alkanes) is 1. The number of likely N-dealkylation sites (tertiary alicyclic amines) is 1. The monoisotopic (exact) mass is 344 g/mol. The predicted molar refractivity (Wildman–Crippen MR) is 101 cm³/mol. The van der Waals surface area contributed by atoms with Crippen molar-refractivity contribution in [3.8, 4) is 0 Å². The number of piperidine rings is 1. The van der Waals surface area contributed by atoms with Gasteiger partial charge in [-0.05, 0) is 81.8 Å². The third-order valence-electron chi connectivity index (χ3n) is 5.60. The van der Waals surface area contributed by atoms with Crippen molar-refractivity contribution in [2.24, 2.45) is 11.8 Å². The van der Waals surface area contributed by atoms with E-state index >= 15 is 0 Å². The van der Waals surface area contributed by atoms with Crippen molar-refractivity contribution in [3.05, 3.63) is 29.7 Å². The van der Waals surface area contributed by atoms with E-state index < -0.39 is 0 Å². The van der Waals surface area contributed by atoms with E-state index in [1.165, 1.54) is 32.4 Å². The van der Waals surface area contributed by atoms with E-state index in [9.17, 15) is 4.79 Å². The Morgan fingerprint density at radius 2 is 2.04 bits per heavy atom. The first-order valence-corrected chi connectivity index (χ1v) is 9.90. The zero-order valence-electron chi connectivity index (χ0n) is 15.7. The van der Waals surface area contributed by atoms with Gasteiger partial charge in [0.25, 0.3) is 0 Å². The van der Waals surface area contributed by atoms with Gasteiger partial charge in [-0.25, -0.2) is 0 Å². The van der Waals surface area contributed by atoms with E-state index in [1.54, 1.807) is 12.2 Å². The highest BCUT2D eigenvalue weighted by Gasteiger charge is 2.36. The van der Waals surface area contributed by atoms with Gasteiger partial charge in [0.2, 0.25) is 5.91 Å². The molecule has 1 aliphatic carbocycles. The lowest BCUT2D eigenvalue weighted by molar-refractivity contribution is -0.116. The van der Waals surface area contributed by atoms with Crippen molar-refractivity contribution in [1.29, 1.82) is 0 Å². The van der Waals surface area contributed by atoms with Crippen LogP contribution in [0.25, 0.3) is 6.08 Å². The topological polar surface area (TPSA) is 45.5 Å². The average molecular weight is 344 g/mol. The molecule has 1 aromatic rings. The Morgan fingerprint density at radius 1 is 1.28 bits per heavy atom. The summed E-state index contributed by atoms with van der Waals surface area (Å²) in [5.41, 5.74) is 0. The lowest BCUT2D eigenvalue weighted by Gasteiger charge is -2.30. The van der Waals surface area contributed by atoms with Crippen LogP contribution in [-0.4, -0.2) is 37.0 Å². The number of nitrogens with zero attached hydrogens (tertiary/aromatic N) is 1. The van der Waals surface area contributed by atoms with E-state index in [1.807, 2.05) is 12.1 Å². The molecule has 2 aliphatic rings. The maximum Gasteiger partial charge on any atom is 0.244 e. The molecule has 2 fully saturated rings. The van der Waals surface area contributed by atoms with E-state index in [0.29, 0.717) is 5.92 Å². The maximum atomic E-state index is 11.9. The number of rotatable bonds is 8. The summed E-state index contributed by atoms with van der Waals surface area (Å²) in [6.45, 7) is 8.96. The van der Waals surface area contributed by atoms with Crippen molar-refractivity contribution in [3.63, 3.8) is 0 Å². The van der Waals surface area contributed by atoms with Gasteiger partial charge in [0.15, 0.2) is 0 Å². The Bertz CT molecular complexity index is 584. The number of carbonyl (C=O) groups excluding carboxylic acids is 1. The summed E-state index contributed by atoms with van der Waals surface area (Å²) >= 11 is 0. The molecule has 0 spiro atoms. The summed E-state index contributed by atoms with van der Waals surface area (Å²) in [5.74, 6) is 3.99. The van der Waals surface area contributed by atoms with Gasteiger partial charge in [-0.15, -0.1) is 0 Å². The molecule has 1 saturated heterocycles. The second-order valence-corrected chi connectivity index (χ2v) is 7.92. The average Bonchev–Trinajstić information content (AvgIpc) is 3.15. The normalized spacial score (nSPS) is 24.7. The first-order chi connectivity index (χ1) is 12.1. The molecule has 1 amide bonds. The molecule has 2 heterocycles. The molecule has 0 aromatic carbocycles. The van der Waals surface area contributed by atoms with Crippen molar-refractivity contribution < 1.29 is 9.21 Å². The third kappa shape index (κ3) is 5.74. The molecule has 1 aromatic heterocycles. The van der Waals surface area contributed by atoms with E-state index in [2.05, 4.69) is 24.1 Å². The Morgan fingerprint density at radius 3 is 2.76 bits per heavy atom. The molecule has 1 saturated carbocycles. The molecule has 2 atom stereocenters. The summed E-state index contributed by atoms with van der Waals surface area (Å²) in [6.07, 6.45) is 9.40. The Labute approximate surface area is 151 Å². The lowest BCUT2D eigenvalue weighted by Crippen LogP contribution is -2.34. The molecule has 4 nitrogen and oxygen atoms in total. The summed E-state index contributed by atoms with van der Waals surface area (Å²) < 4.78 is 5.77. The van der Waals surface area contributed by atoms with E-state index in [0.717, 1.165) is 49.3 Å². The molecule has 3 rings (SSSR count). The minimum Gasteiger partial charge on any atom is -0.461 e. The van der Waals surface area contributed by atoms with Crippen LogP contribution in [0.3, 0.4) is 0 Å². The van der Waals surface area contributed by atoms with Crippen LogP contribution in [0.5, 0.6) is 0 Å². The highest BCUT2D eigenvalue weighted by Crippen LogP contribution is 2.47. The van der Waals surface area contributed by atoms with Gasteiger partial charge < -0.3 is 14.6 Å². The first kappa shape index (κ1) is 18.2. The Balaban J connectivity index is 1.27. The highest BCUT2D eigenvalue weighted by atomic mass is 16.3. The van der Waals surface area contributed by atoms with Crippen LogP contribution in [-0.2, 0) is 4.79 Å². The maximum absolute atomic E-state index is 11.9. The van der Waals surface area contributed by atoms with Crippen molar-refractivity contribution in [2.75, 3.05) is 26.2 Å². The summed E-state index contributed by atoms with van der Waals surface area (Å²) in [6, 6.07) is 3.98. The fourth-order valence-electron chi connectivity index (χ4n) is 3.55. The molecule has 1 aliphatic heterocycles. The number of carbonyl (C=O) groups is 1. The van der Waals surface area contributed by atoms with E-state index in [-0.39, 0.29) is 5.91 Å². The molecule has 25 heavy (non-hydrogen) atoms. The number of hydrogen-bond donors (Lipinski definition) is 1. The summed E-state index contributed by atoms with van der Waals surface area (Å²) in [4.78, 5) is 14.4. The molecule has 2 unspecified atom stereocenters. The largest absolute Gasteiger partial charge is 0.461 e. The van der Waals surface area contributed by atoms with Crippen LogP contribution in [0.2, 0.25) is 0 Å². The predicted octanol–water partition coefficient (Wildman–Crippen LogP) is 4.04. The summed E-state index contributed by atoms with van der Waals surface area (Å²) in [5, 5.41) is 2.96. The van der Waals surface area contributed by atoms with Gasteiger partial charge in [-0.2, -0.15) is 0 Å². The van der Waals surface area contributed by atoms with Crippen LogP contribution in [0.1, 0.15) is 63.4 Å². The molecule has 138 valence electrons. The lowest BCUT2D eigenvalue weighted by atomic mass is 9.99. The van der Waals surface area contributed by atoms with Crippen molar-refractivity contribution >= 4 is 12.0 Å². The highest BCUT2D eigenvalue weighted by molar-refractivity contribution is 5.91. The van der Waals surface area contributed by atoms with E-state index in [4.69, 9.17) is 4.42 Å². The molecule has 4 heteroatoms. The SMILES string of the molecule is CC1CCN(CCCCNC(=O)/C=C/c2ccc(C3CC3C)o2)CC1. The Kier molecular flexibility index (Phi) is 6.35. The van der Waals surface area contributed by atoms with Crippen molar-refractivity contribution in [2.45, 2.75) is 51.9 Å². The van der Waals surface area contributed by atoms with Crippen LogP contribution in [0.4, 0.5) is 0 Å². The first-order valence-electron chi connectivity index (χ1n) is 9.90. The molecular weight excluding hydrogens is 312 g/mol. The van der Waals surface area contributed by atoms with Crippen LogP contribution in [0, 0.1) is 11.8 Å². The van der Waals surface area contributed by atoms with Gasteiger partial charge in [0, 0.05) is 18.5 Å². The third-order valence-corrected chi connectivity index (χ3v) is 5.60. The smallest absolute Gasteiger partial charge is 0.244 e. The fourth-order valence-corrected chi connectivity index (χ4v) is 3.55. The quantitative estimate of drug-likeness (QED) is 0.572. The fraction of sp³-hybridized carbons (Fsp3) is 0.667. The number of furan rings is 1. The minimum absolute atomic E-state index is 0.0375. The molecule has 0 radical (unpaired) electrons. The second kappa shape index (κ2) is 8.70. The van der Waals surface area contributed by atoms with Gasteiger partial charge in [0.1, 0.15) is 11.5 Å². The second-order valence-electron chi connectivity index (χ2n) is 7.92. The number of nitrogens with one attached hydrogen (secondary N) is 1. The van der Waals surface area contributed by atoms with Crippen LogP contribution < -0.4 is 5.32 Å². The van der Waals surface area contributed by atoms with Gasteiger partial charge in [-0.1, -0.05) is 13.8 Å². The zero-order chi connectivity index (χ0) is 17.6. The van der Waals surface area contributed by atoms with Gasteiger partial charge in [-0.3, -0.25) is 4.79 Å². The molecular formula is C21H32N2O2. The number of amides is 1. The minimum atomic E-state index is -0.0375. The molecule has 0 bridgehead atoms. The molecule has 1 N–H and O–H groups in total. The number of hydrogen-bond acceptors (Lipinski definition) is 3. The zero-order valence-corrected chi connectivity index (χ0v) is 15.7. The van der Waals surface area contributed by atoms with Gasteiger partial charge in [0.05, 0.1) is 0 Å². The van der Waals surface area contributed by atoms with Gasteiger partial charge >= 0.3 is 0 Å². The van der Waals surface area contributed by atoms with Crippen molar-refractivity contribution in [1.82, 2.24) is 10.2 Å². The Hall–Kier alpha value is -1.55. The summed E-state index contributed by atoms with van der Waals surface area (Å²) in [7, 11) is 0. The van der Waals surface area contributed by atoms with Crippen LogP contribution >= 0.6 is 0 Å².